The van der Waals surface area contributed by atoms with Crippen LogP contribution in [-0.4, -0.2) is 68.1 Å². The van der Waals surface area contributed by atoms with Crippen LogP contribution in [0.4, 0.5) is 19.0 Å². The van der Waals surface area contributed by atoms with Gasteiger partial charge in [0.15, 0.2) is 5.65 Å². The fourth-order valence-electron chi connectivity index (χ4n) is 3.87. The minimum absolute atomic E-state index is 0.0148. The van der Waals surface area contributed by atoms with E-state index in [1.54, 1.807) is 18.2 Å². The number of aliphatic hydroxyl groups excluding tert-OH is 2. The Hall–Kier alpha value is -2.43. The predicted molar refractivity (Wildman–Crippen MR) is 117 cm³/mol. The number of halogens is 3. The number of nitrogens with zero attached hydrogens (tertiary/aromatic N) is 3. The average Bonchev–Trinajstić information content (AvgIpc) is 3.28. The van der Waals surface area contributed by atoms with Gasteiger partial charge in [0, 0.05) is 35.2 Å². The van der Waals surface area contributed by atoms with Gasteiger partial charge in [0.2, 0.25) is 0 Å². The minimum Gasteiger partial charge on any atom is -0.390 e. The number of anilines is 1. The van der Waals surface area contributed by atoms with Gasteiger partial charge >= 0.3 is 15.8 Å². The van der Waals surface area contributed by atoms with Crippen LogP contribution in [-0.2, 0) is 10.3 Å². The summed E-state index contributed by atoms with van der Waals surface area (Å²) in [5, 5.41) is 28.1. The van der Waals surface area contributed by atoms with Crippen molar-refractivity contribution in [2.75, 3.05) is 11.9 Å². The average molecular weight is 520 g/mol. The Bertz CT molecular complexity index is 1290. The first-order chi connectivity index (χ1) is 15.9. The molecule has 1 fully saturated rings. The van der Waals surface area contributed by atoms with Crippen molar-refractivity contribution in [3.05, 3.63) is 42.6 Å². The Morgan fingerprint density at radius 1 is 1.18 bits per heavy atom. The van der Waals surface area contributed by atoms with Gasteiger partial charge in [-0.3, -0.25) is 4.55 Å². The molecule has 0 radical (unpaired) electrons. The van der Waals surface area contributed by atoms with Gasteiger partial charge in [0.25, 0.3) is 0 Å². The number of thioether (sulfide) groups is 1. The van der Waals surface area contributed by atoms with E-state index in [0.717, 1.165) is 0 Å². The molecule has 2 aromatic heterocycles. The molecule has 1 saturated carbocycles. The fraction of sp³-hybridized carbons (Fsp3) is 0.368. The summed E-state index contributed by atoms with van der Waals surface area (Å²) in [6, 6.07) is 8.34. The number of nitrogens with one attached hydrogen (secondary N) is 2. The number of aliphatic hydroxyl groups is 2. The van der Waals surface area contributed by atoms with Gasteiger partial charge in [-0.1, -0.05) is 12.1 Å². The molecule has 4 atom stereocenters. The molecule has 0 spiro atoms. The quantitative estimate of drug-likeness (QED) is 0.233. The maximum Gasteiger partial charge on any atom is 0.446 e. The van der Waals surface area contributed by atoms with Gasteiger partial charge in [0.05, 0.1) is 17.8 Å². The van der Waals surface area contributed by atoms with Crippen LogP contribution in [0.2, 0.25) is 0 Å². The third-order valence-corrected chi connectivity index (χ3v) is 6.64. The lowest BCUT2D eigenvalue weighted by molar-refractivity contribution is -0.0328. The third-order valence-electron chi connectivity index (χ3n) is 5.38. The Balaban J connectivity index is 1.56. The van der Waals surface area contributed by atoms with Crippen LogP contribution < -0.4 is 10.0 Å². The monoisotopic (exact) mass is 519 g/mol. The summed E-state index contributed by atoms with van der Waals surface area (Å²) in [5.74, 6) is -0.259. The molecule has 15 heteroatoms. The van der Waals surface area contributed by atoms with Gasteiger partial charge in [-0.25, -0.2) is 4.98 Å². The molecule has 1 aliphatic carbocycles. The van der Waals surface area contributed by atoms with Crippen molar-refractivity contribution in [2.45, 2.75) is 35.1 Å². The highest BCUT2D eigenvalue weighted by Crippen LogP contribution is 2.38. The zero-order valence-corrected chi connectivity index (χ0v) is 18.8. The molecular formula is C19H20F3N5O5S2. The largest absolute Gasteiger partial charge is 0.446 e. The SMILES string of the molecule is O=S(=O)(O)NC[C@@H]1C[C@H](Nc2ccnc3cc(-c4cccc(SC(F)(F)F)c4)nn23)[C@@H](O)[C@H]1O. The van der Waals surface area contributed by atoms with Crippen molar-refractivity contribution in [3.8, 4) is 11.3 Å². The second-order valence-electron chi connectivity index (χ2n) is 7.76. The van der Waals surface area contributed by atoms with E-state index in [0.29, 0.717) is 22.7 Å². The summed E-state index contributed by atoms with van der Waals surface area (Å²) in [4.78, 5) is 4.22. The van der Waals surface area contributed by atoms with E-state index in [1.807, 2.05) is 4.72 Å². The number of alkyl halides is 3. The maximum atomic E-state index is 12.7. The molecule has 10 nitrogen and oxygen atoms in total. The molecule has 0 bridgehead atoms. The topological polar surface area (TPSA) is 149 Å². The second-order valence-corrected chi connectivity index (χ2v) is 10.1. The fourth-order valence-corrected chi connectivity index (χ4v) is 4.90. The highest BCUT2D eigenvalue weighted by Gasteiger charge is 2.42. The third kappa shape index (κ3) is 5.79. The van der Waals surface area contributed by atoms with Crippen molar-refractivity contribution in [2.24, 2.45) is 5.92 Å². The number of rotatable bonds is 7. The van der Waals surface area contributed by atoms with Crippen LogP contribution in [0.15, 0.2) is 47.5 Å². The number of aromatic nitrogens is 3. The van der Waals surface area contributed by atoms with Gasteiger partial charge in [-0.05, 0) is 36.4 Å². The number of hydrogen-bond acceptors (Lipinski definition) is 8. The number of benzene rings is 1. The summed E-state index contributed by atoms with van der Waals surface area (Å²) in [6.07, 6.45) is -0.818. The highest BCUT2D eigenvalue weighted by atomic mass is 32.2. The lowest BCUT2D eigenvalue weighted by Gasteiger charge is -2.19. The van der Waals surface area contributed by atoms with Crippen LogP contribution in [0, 0.1) is 5.92 Å². The van der Waals surface area contributed by atoms with E-state index < -0.39 is 40.0 Å². The molecule has 1 aliphatic rings. The first-order valence-electron chi connectivity index (χ1n) is 9.95. The van der Waals surface area contributed by atoms with Crippen LogP contribution in [0.5, 0.6) is 0 Å². The summed E-state index contributed by atoms with van der Waals surface area (Å²) >= 11 is -0.226. The molecule has 4 rings (SSSR count). The standard InChI is InChI=1S/C19H20F3N5O5S2/c20-19(21,22)33-12-3-1-2-10(6-12)13-8-16-23-5-4-15(27(16)26-13)25-14-7-11(17(28)18(14)29)9-24-34(30,31)32/h1-6,8,11,14,17-18,24-25,28-29H,7,9H2,(H,30,31,32)/t11-,14-,17-,18+/m0/s1. The molecule has 3 aromatic rings. The molecular weight excluding hydrogens is 499 g/mol. The number of fused-ring (bicyclic) bond motifs is 1. The van der Waals surface area contributed by atoms with E-state index in [-0.39, 0.29) is 29.6 Å². The van der Waals surface area contributed by atoms with Crippen molar-refractivity contribution >= 4 is 33.5 Å². The minimum atomic E-state index is -4.44. The van der Waals surface area contributed by atoms with Crippen molar-refractivity contribution in [3.63, 3.8) is 0 Å². The first kappa shape index (κ1) is 24.7. The molecule has 1 aromatic carbocycles. The van der Waals surface area contributed by atoms with E-state index in [2.05, 4.69) is 15.4 Å². The van der Waals surface area contributed by atoms with Gasteiger partial charge in [-0.15, -0.1) is 0 Å². The summed E-state index contributed by atoms with van der Waals surface area (Å²) in [7, 11) is -4.44. The van der Waals surface area contributed by atoms with Crippen LogP contribution in [0.3, 0.4) is 0 Å². The van der Waals surface area contributed by atoms with E-state index >= 15 is 0 Å². The molecule has 0 aliphatic heterocycles. The summed E-state index contributed by atoms with van der Waals surface area (Å²) in [5.41, 5.74) is -3.18. The normalized spacial score (nSPS) is 23.5. The first-order valence-corrected chi connectivity index (χ1v) is 12.2. The Kier molecular flexibility index (Phi) is 6.76. The van der Waals surface area contributed by atoms with E-state index in [9.17, 15) is 31.8 Å². The van der Waals surface area contributed by atoms with Crippen LogP contribution >= 0.6 is 11.8 Å². The van der Waals surface area contributed by atoms with Crippen molar-refractivity contribution in [1.29, 1.82) is 0 Å². The smallest absolute Gasteiger partial charge is 0.390 e. The van der Waals surface area contributed by atoms with Crippen LogP contribution in [0.25, 0.3) is 16.9 Å². The van der Waals surface area contributed by atoms with Crippen molar-refractivity contribution in [1.82, 2.24) is 19.3 Å². The van der Waals surface area contributed by atoms with Gasteiger partial charge < -0.3 is 15.5 Å². The highest BCUT2D eigenvalue weighted by molar-refractivity contribution is 8.00. The molecule has 2 heterocycles. The summed E-state index contributed by atoms with van der Waals surface area (Å²) < 4.78 is 72.2. The van der Waals surface area contributed by atoms with Gasteiger partial charge in [-0.2, -0.15) is 35.9 Å². The molecule has 0 amide bonds. The van der Waals surface area contributed by atoms with Crippen LogP contribution in [0.1, 0.15) is 6.42 Å². The number of hydrogen-bond donors (Lipinski definition) is 5. The molecule has 0 unspecified atom stereocenters. The predicted octanol–water partition coefficient (Wildman–Crippen LogP) is 1.92. The maximum absolute atomic E-state index is 12.7. The summed E-state index contributed by atoms with van der Waals surface area (Å²) in [6.45, 7) is -0.265. The Labute approximate surface area is 196 Å². The van der Waals surface area contributed by atoms with E-state index in [1.165, 1.54) is 28.9 Å². The Morgan fingerprint density at radius 2 is 1.94 bits per heavy atom. The lowest BCUT2D eigenvalue weighted by Crippen LogP contribution is -2.37. The lowest BCUT2D eigenvalue weighted by atomic mass is 10.1. The zero-order chi connectivity index (χ0) is 24.7. The van der Waals surface area contributed by atoms with Gasteiger partial charge in [0.1, 0.15) is 11.9 Å². The Morgan fingerprint density at radius 3 is 2.65 bits per heavy atom. The second kappa shape index (κ2) is 9.31. The van der Waals surface area contributed by atoms with Crippen molar-refractivity contribution < 1.29 is 36.4 Å². The molecule has 184 valence electrons. The zero-order valence-electron chi connectivity index (χ0n) is 17.2. The molecule has 0 saturated heterocycles. The molecule has 5 N–H and O–H groups in total. The molecule has 34 heavy (non-hydrogen) atoms. The van der Waals surface area contributed by atoms with E-state index in [4.69, 9.17) is 4.55 Å².